The topological polar surface area (TPSA) is 61.4 Å². The molecule has 0 bridgehead atoms. The molecule has 0 saturated carbocycles. The number of benzene rings is 3. The minimum Gasteiger partial charge on any atom is -0.348 e. The van der Waals surface area contributed by atoms with Gasteiger partial charge in [-0.2, -0.15) is 0 Å². The Hall–Kier alpha value is -3.67. The van der Waals surface area contributed by atoms with E-state index in [1.165, 1.54) is 12.1 Å². The van der Waals surface area contributed by atoms with E-state index in [9.17, 15) is 14.0 Å². The van der Waals surface area contributed by atoms with Crippen LogP contribution in [0.15, 0.2) is 78.9 Å². The molecule has 1 aliphatic heterocycles. The molecule has 1 fully saturated rings. The molecule has 3 aromatic rings. The Kier molecular flexibility index (Phi) is 6.80. The maximum atomic E-state index is 13.3. The van der Waals surface area contributed by atoms with E-state index in [0.29, 0.717) is 24.2 Å². The fraction of sp³-hybridized carbons (Fsp3) is 0.231. The number of carbonyl (C=O) groups excluding carboxylic acids is 2. The SMILES string of the molecule is O=C(NCc1cccc(F)c1)c1cccc(C2CCCN(C(=O)Nc3ccccc3)C2)c1. The first-order chi connectivity index (χ1) is 15.6. The summed E-state index contributed by atoms with van der Waals surface area (Å²) in [5.41, 5.74) is 3.09. The summed E-state index contributed by atoms with van der Waals surface area (Å²) in [4.78, 5) is 27.2. The summed E-state index contributed by atoms with van der Waals surface area (Å²) in [5.74, 6) is -0.358. The number of urea groups is 1. The zero-order chi connectivity index (χ0) is 22.3. The lowest BCUT2D eigenvalue weighted by Crippen LogP contribution is -2.41. The van der Waals surface area contributed by atoms with Crippen LogP contribution in [0.3, 0.4) is 0 Å². The number of likely N-dealkylation sites (tertiary alicyclic amines) is 1. The van der Waals surface area contributed by atoms with Crippen molar-refractivity contribution in [3.63, 3.8) is 0 Å². The summed E-state index contributed by atoms with van der Waals surface area (Å²) < 4.78 is 13.3. The monoisotopic (exact) mass is 431 g/mol. The van der Waals surface area contributed by atoms with Gasteiger partial charge >= 0.3 is 6.03 Å². The first kappa shape index (κ1) is 21.6. The number of para-hydroxylation sites is 1. The first-order valence-electron chi connectivity index (χ1n) is 10.8. The quantitative estimate of drug-likeness (QED) is 0.586. The van der Waals surface area contributed by atoms with Gasteiger partial charge in [-0.05, 0) is 60.4 Å². The van der Waals surface area contributed by atoms with E-state index in [2.05, 4.69) is 10.6 Å². The molecule has 1 saturated heterocycles. The summed E-state index contributed by atoms with van der Waals surface area (Å²) in [6, 6.07) is 23.0. The maximum Gasteiger partial charge on any atom is 0.321 e. The number of carbonyl (C=O) groups is 2. The summed E-state index contributed by atoms with van der Waals surface area (Å²) in [5, 5.41) is 5.79. The number of amides is 3. The number of halogens is 1. The second kappa shape index (κ2) is 10.1. The molecule has 1 aliphatic rings. The minimum atomic E-state index is -0.322. The molecule has 2 N–H and O–H groups in total. The Morgan fingerprint density at radius 2 is 1.78 bits per heavy atom. The van der Waals surface area contributed by atoms with Crippen molar-refractivity contribution in [1.29, 1.82) is 0 Å². The third-order valence-corrected chi connectivity index (χ3v) is 5.70. The van der Waals surface area contributed by atoms with Crippen molar-refractivity contribution >= 4 is 17.6 Å². The standard InChI is InChI=1S/C26H26FN3O2/c27-23-11-4-7-19(15-23)17-28-25(31)21-9-5-8-20(16-21)22-10-6-14-30(18-22)26(32)29-24-12-2-1-3-13-24/h1-5,7-9,11-13,15-16,22H,6,10,14,17-18H2,(H,28,31)(H,29,32). The van der Waals surface area contributed by atoms with E-state index in [1.54, 1.807) is 18.2 Å². The van der Waals surface area contributed by atoms with Gasteiger partial charge in [0.05, 0.1) is 0 Å². The molecule has 4 rings (SSSR count). The third kappa shape index (κ3) is 5.52. The molecule has 1 unspecified atom stereocenters. The summed E-state index contributed by atoms with van der Waals surface area (Å²) in [6.07, 6.45) is 1.87. The van der Waals surface area contributed by atoms with Crippen molar-refractivity contribution in [2.45, 2.75) is 25.3 Å². The van der Waals surface area contributed by atoms with E-state index in [4.69, 9.17) is 0 Å². The number of piperidine rings is 1. The lowest BCUT2D eigenvalue weighted by Gasteiger charge is -2.33. The lowest BCUT2D eigenvalue weighted by atomic mass is 9.89. The zero-order valence-corrected chi connectivity index (χ0v) is 17.8. The van der Waals surface area contributed by atoms with Gasteiger partial charge in [0.15, 0.2) is 0 Å². The van der Waals surface area contributed by atoms with Gasteiger partial charge in [-0.25, -0.2) is 9.18 Å². The van der Waals surface area contributed by atoms with E-state index in [0.717, 1.165) is 24.1 Å². The van der Waals surface area contributed by atoms with E-state index < -0.39 is 0 Å². The van der Waals surface area contributed by atoms with Gasteiger partial charge in [0.2, 0.25) is 0 Å². The van der Waals surface area contributed by atoms with Gasteiger partial charge < -0.3 is 15.5 Å². The van der Waals surface area contributed by atoms with Crippen LogP contribution in [0.4, 0.5) is 14.9 Å². The molecule has 5 nitrogen and oxygen atoms in total. The van der Waals surface area contributed by atoms with Gasteiger partial charge in [-0.3, -0.25) is 4.79 Å². The largest absolute Gasteiger partial charge is 0.348 e. The van der Waals surface area contributed by atoms with Crippen molar-refractivity contribution in [3.8, 4) is 0 Å². The smallest absolute Gasteiger partial charge is 0.321 e. The lowest BCUT2D eigenvalue weighted by molar-refractivity contribution is 0.0950. The highest BCUT2D eigenvalue weighted by molar-refractivity contribution is 5.94. The second-order valence-corrected chi connectivity index (χ2v) is 8.02. The minimum absolute atomic E-state index is 0.107. The average molecular weight is 432 g/mol. The predicted molar refractivity (Wildman–Crippen MR) is 123 cm³/mol. The second-order valence-electron chi connectivity index (χ2n) is 8.02. The summed E-state index contributed by atoms with van der Waals surface area (Å²) in [7, 11) is 0. The number of hydrogen-bond acceptors (Lipinski definition) is 2. The Labute approximate surface area is 187 Å². The Bertz CT molecular complexity index is 1090. The molecule has 6 heteroatoms. The number of anilines is 1. The molecule has 1 heterocycles. The average Bonchev–Trinajstić information content (AvgIpc) is 2.83. The normalized spacial score (nSPS) is 15.8. The van der Waals surface area contributed by atoms with E-state index >= 15 is 0 Å². The number of rotatable bonds is 5. The molecular weight excluding hydrogens is 405 g/mol. The molecule has 0 spiro atoms. The Morgan fingerprint density at radius 3 is 2.59 bits per heavy atom. The predicted octanol–water partition coefficient (Wildman–Crippen LogP) is 5.17. The molecule has 0 aliphatic carbocycles. The summed E-state index contributed by atoms with van der Waals surface area (Å²) >= 11 is 0. The van der Waals surface area contributed by atoms with Gasteiger partial charge in [-0.1, -0.05) is 42.5 Å². The highest BCUT2D eigenvalue weighted by Gasteiger charge is 2.25. The number of nitrogens with one attached hydrogen (secondary N) is 2. The summed E-state index contributed by atoms with van der Waals surface area (Å²) in [6.45, 7) is 1.58. The third-order valence-electron chi connectivity index (χ3n) is 5.70. The fourth-order valence-corrected chi connectivity index (χ4v) is 4.02. The molecule has 164 valence electrons. The molecule has 0 aromatic heterocycles. The van der Waals surface area contributed by atoms with Crippen LogP contribution in [-0.4, -0.2) is 29.9 Å². The van der Waals surface area contributed by atoms with Crippen LogP contribution in [0.1, 0.15) is 40.2 Å². The van der Waals surface area contributed by atoms with Crippen LogP contribution in [0.5, 0.6) is 0 Å². The molecule has 3 aromatic carbocycles. The maximum absolute atomic E-state index is 13.3. The van der Waals surface area contributed by atoms with Gasteiger partial charge in [0.1, 0.15) is 5.82 Å². The Balaban J connectivity index is 1.38. The van der Waals surface area contributed by atoms with Crippen LogP contribution >= 0.6 is 0 Å². The highest BCUT2D eigenvalue weighted by atomic mass is 19.1. The fourth-order valence-electron chi connectivity index (χ4n) is 4.02. The van der Waals surface area contributed by atoms with Gasteiger partial charge in [0, 0.05) is 36.8 Å². The van der Waals surface area contributed by atoms with Crippen molar-refractivity contribution in [3.05, 3.63) is 101 Å². The van der Waals surface area contributed by atoms with Crippen molar-refractivity contribution in [2.24, 2.45) is 0 Å². The zero-order valence-electron chi connectivity index (χ0n) is 17.8. The van der Waals surface area contributed by atoms with Crippen LogP contribution in [0, 0.1) is 5.82 Å². The number of nitrogens with zero attached hydrogens (tertiary/aromatic N) is 1. The van der Waals surface area contributed by atoms with Crippen molar-refractivity contribution in [2.75, 3.05) is 18.4 Å². The molecule has 0 radical (unpaired) electrons. The molecular formula is C26H26FN3O2. The Morgan fingerprint density at radius 1 is 0.969 bits per heavy atom. The number of hydrogen-bond donors (Lipinski definition) is 2. The van der Waals surface area contributed by atoms with Gasteiger partial charge in [-0.15, -0.1) is 0 Å². The van der Waals surface area contributed by atoms with Crippen molar-refractivity contribution < 1.29 is 14.0 Å². The van der Waals surface area contributed by atoms with Gasteiger partial charge in [0.25, 0.3) is 5.91 Å². The van der Waals surface area contributed by atoms with Crippen LogP contribution in [0.2, 0.25) is 0 Å². The van der Waals surface area contributed by atoms with E-state index in [-0.39, 0.29) is 30.2 Å². The van der Waals surface area contributed by atoms with Crippen LogP contribution in [0.25, 0.3) is 0 Å². The van der Waals surface area contributed by atoms with E-state index in [1.807, 2.05) is 53.4 Å². The first-order valence-corrected chi connectivity index (χ1v) is 10.8. The van der Waals surface area contributed by atoms with Crippen LogP contribution < -0.4 is 10.6 Å². The van der Waals surface area contributed by atoms with Crippen molar-refractivity contribution in [1.82, 2.24) is 10.2 Å². The highest BCUT2D eigenvalue weighted by Crippen LogP contribution is 2.28. The molecule has 32 heavy (non-hydrogen) atoms. The molecule has 1 atom stereocenters. The molecule has 3 amide bonds. The van der Waals surface area contributed by atoms with Crippen LogP contribution in [-0.2, 0) is 6.54 Å².